The molecule has 3 heterocycles. The first-order valence-corrected chi connectivity index (χ1v) is 9.01. The molecule has 1 aliphatic rings. The number of nitrogens with zero attached hydrogens (tertiary/aromatic N) is 2. The Morgan fingerprint density at radius 1 is 1.52 bits per heavy atom. The lowest BCUT2D eigenvalue weighted by atomic mass is 9.99. The van der Waals surface area contributed by atoms with Crippen molar-refractivity contribution in [1.82, 2.24) is 15.2 Å². The second-order valence-corrected chi connectivity index (χ2v) is 7.32. The number of likely N-dealkylation sites (tertiary alicyclic amines) is 1. The van der Waals surface area contributed by atoms with Crippen molar-refractivity contribution in [2.24, 2.45) is 5.92 Å². The van der Waals surface area contributed by atoms with Gasteiger partial charge in [-0.15, -0.1) is 11.3 Å². The van der Waals surface area contributed by atoms with E-state index < -0.39 is 6.10 Å². The van der Waals surface area contributed by atoms with Gasteiger partial charge in [-0.25, -0.2) is 0 Å². The minimum Gasteiger partial charge on any atom is -0.390 e. The average Bonchev–Trinajstić information content (AvgIpc) is 3.02. The van der Waals surface area contributed by atoms with Gasteiger partial charge in [0.05, 0.1) is 21.9 Å². The highest BCUT2D eigenvalue weighted by atomic mass is 32.1. The molecule has 1 atom stereocenters. The molecule has 0 saturated carbocycles. The van der Waals surface area contributed by atoms with E-state index in [4.69, 9.17) is 0 Å². The third-order valence-electron chi connectivity index (χ3n) is 4.41. The number of carbonyl (C=O) groups is 1. The van der Waals surface area contributed by atoms with Gasteiger partial charge in [0.1, 0.15) is 0 Å². The number of rotatable bonds is 5. The van der Waals surface area contributed by atoms with Gasteiger partial charge >= 0.3 is 0 Å². The molecule has 1 saturated heterocycles. The molecule has 0 aromatic carbocycles. The van der Waals surface area contributed by atoms with Crippen LogP contribution in [0.15, 0.2) is 23.7 Å². The molecular weight excluding hydrogens is 310 g/mol. The fourth-order valence-corrected chi connectivity index (χ4v) is 3.67. The predicted molar refractivity (Wildman–Crippen MR) is 92.8 cm³/mol. The van der Waals surface area contributed by atoms with Crippen molar-refractivity contribution in [3.05, 3.63) is 29.3 Å². The molecule has 2 aromatic rings. The molecule has 0 radical (unpaired) electrons. The SMILES string of the molecule is CC1CCN(C[C@H](O)CNC(=O)c2cnc3ccsc3c2)CC1. The van der Waals surface area contributed by atoms with E-state index in [1.165, 1.54) is 12.8 Å². The molecule has 3 rings (SSSR count). The van der Waals surface area contributed by atoms with Crippen LogP contribution in [0.3, 0.4) is 0 Å². The Balaban J connectivity index is 1.48. The maximum Gasteiger partial charge on any atom is 0.252 e. The average molecular weight is 333 g/mol. The number of piperidine rings is 1. The van der Waals surface area contributed by atoms with Crippen LogP contribution in [0.4, 0.5) is 0 Å². The lowest BCUT2D eigenvalue weighted by Crippen LogP contribution is -2.43. The van der Waals surface area contributed by atoms with Crippen LogP contribution in [-0.4, -0.2) is 53.2 Å². The van der Waals surface area contributed by atoms with Crippen molar-refractivity contribution in [1.29, 1.82) is 0 Å². The van der Waals surface area contributed by atoms with Gasteiger partial charge in [-0.1, -0.05) is 6.92 Å². The highest BCUT2D eigenvalue weighted by molar-refractivity contribution is 7.17. The Hall–Kier alpha value is -1.50. The summed E-state index contributed by atoms with van der Waals surface area (Å²) in [5, 5.41) is 14.9. The summed E-state index contributed by atoms with van der Waals surface area (Å²) in [5.74, 6) is 0.599. The number of thiophene rings is 1. The van der Waals surface area contributed by atoms with Gasteiger partial charge in [-0.3, -0.25) is 9.78 Å². The Bertz CT molecular complexity index is 665. The maximum absolute atomic E-state index is 12.2. The number of β-amino-alcohol motifs (C(OH)–C–C–N with tert-alkyl or cyclic N) is 1. The molecular formula is C17H23N3O2S. The fraction of sp³-hybridized carbons (Fsp3) is 0.529. The maximum atomic E-state index is 12.2. The molecule has 1 fully saturated rings. The number of aliphatic hydroxyl groups excluding tert-OH is 1. The van der Waals surface area contributed by atoms with E-state index in [1.807, 2.05) is 17.5 Å². The number of pyridine rings is 1. The van der Waals surface area contributed by atoms with Gasteiger partial charge in [-0.2, -0.15) is 0 Å². The highest BCUT2D eigenvalue weighted by Gasteiger charge is 2.18. The highest BCUT2D eigenvalue weighted by Crippen LogP contribution is 2.19. The van der Waals surface area contributed by atoms with Gasteiger partial charge in [0.25, 0.3) is 5.91 Å². The van der Waals surface area contributed by atoms with Crippen LogP contribution in [0, 0.1) is 5.92 Å². The number of hydrogen-bond donors (Lipinski definition) is 2. The van der Waals surface area contributed by atoms with Gasteiger partial charge in [0.15, 0.2) is 0 Å². The molecule has 0 bridgehead atoms. The zero-order valence-corrected chi connectivity index (χ0v) is 14.2. The Morgan fingerprint density at radius 3 is 3.09 bits per heavy atom. The summed E-state index contributed by atoms with van der Waals surface area (Å²) in [6.45, 7) is 5.23. The fourth-order valence-electron chi connectivity index (χ4n) is 2.89. The minimum atomic E-state index is -0.536. The van der Waals surface area contributed by atoms with Crippen LogP contribution in [0.1, 0.15) is 30.1 Å². The minimum absolute atomic E-state index is 0.181. The summed E-state index contributed by atoms with van der Waals surface area (Å²) in [6.07, 6.45) is 3.42. The zero-order valence-electron chi connectivity index (χ0n) is 13.4. The summed E-state index contributed by atoms with van der Waals surface area (Å²) in [5.41, 5.74) is 1.45. The molecule has 0 spiro atoms. The van der Waals surface area contributed by atoms with Crippen molar-refractivity contribution in [2.75, 3.05) is 26.2 Å². The first-order chi connectivity index (χ1) is 11.1. The topological polar surface area (TPSA) is 65.5 Å². The molecule has 2 aromatic heterocycles. The van der Waals surface area contributed by atoms with Gasteiger partial charge in [0, 0.05) is 19.3 Å². The molecule has 0 unspecified atom stereocenters. The quantitative estimate of drug-likeness (QED) is 0.880. The monoisotopic (exact) mass is 333 g/mol. The largest absolute Gasteiger partial charge is 0.390 e. The summed E-state index contributed by atoms with van der Waals surface area (Å²) in [4.78, 5) is 18.7. The standard InChI is InChI=1S/C17H23N3O2S/c1-12-2-5-20(6-3-12)11-14(21)10-19-17(22)13-8-16-15(18-9-13)4-7-23-16/h4,7-9,12,14,21H,2-3,5-6,10-11H2,1H3,(H,19,22)/t14-/m1/s1. The summed E-state index contributed by atoms with van der Waals surface area (Å²) < 4.78 is 1.00. The smallest absolute Gasteiger partial charge is 0.252 e. The number of carbonyl (C=O) groups excluding carboxylic acids is 1. The molecule has 124 valence electrons. The first kappa shape index (κ1) is 16.4. The van der Waals surface area contributed by atoms with Crippen LogP contribution >= 0.6 is 11.3 Å². The van der Waals surface area contributed by atoms with Gasteiger partial charge in [-0.05, 0) is 49.4 Å². The van der Waals surface area contributed by atoms with Gasteiger partial charge < -0.3 is 15.3 Å². The number of nitrogens with one attached hydrogen (secondary N) is 1. The van der Waals surface area contributed by atoms with Gasteiger partial charge in [0.2, 0.25) is 0 Å². The number of aromatic nitrogens is 1. The van der Waals surface area contributed by atoms with Crippen LogP contribution < -0.4 is 5.32 Å². The van der Waals surface area contributed by atoms with E-state index in [0.29, 0.717) is 12.1 Å². The Kier molecular flexibility index (Phi) is 5.25. The van der Waals surface area contributed by atoms with E-state index in [1.54, 1.807) is 17.5 Å². The van der Waals surface area contributed by atoms with E-state index >= 15 is 0 Å². The normalized spacial score (nSPS) is 18.2. The number of aliphatic hydroxyl groups is 1. The zero-order chi connectivity index (χ0) is 16.2. The number of hydrogen-bond acceptors (Lipinski definition) is 5. The summed E-state index contributed by atoms with van der Waals surface area (Å²) in [6, 6.07) is 3.78. The third kappa shape index (κ3) is 4.28. The van der Waals surface area contributed by atoms with Crippen LogP contribution in [0.25, 0.3) is 10.2 Å². The molecule has 2 N–H and O–H groups in total. The molecule has 23 heavy (non-hydrogen) atoms. The second kappa shape index (κ2) is 7.38. The third-order valence-corrected chi connectivity index (χ3v) is 5.26. The first-order valence-electron chi connectivity index (χ1n) is 8.13. The molecule has 1 amide bonds. The van der Waals surface area contributed by atoms with Crippen molar-refractivity contribution in [3.8, 4) is 0 Å². The van der Waals surface area contributed by atoms with Crippen LogP contribution in [0.2, 0.25) is 0 Å². The van der Waals surface area contributed by atoms with Crippen molar-refractivity contribution >= 4 is 27.5 Å². The lowest BCUT2D eigenvalue weighted by Gasteiger charge is -2.31. The van der Waals surface area contributed by atoms with Crippen LogP contribution in [0.5, 0.6) is 0 Å². The van der Waals surface area contributed by atoms with Crippen LogP contribution in [-0.2, 0) is 0 Å². The molecule has 5 nitrogen and oxygen atoms in total. The molecule has 0 aliphatic carbocycles. The van der Waals surface area contributed by atoms with Crippen molar-refractivity contribution in [2.45, 2.75) is 25.9 Å². The second-order valence-electron chi connectivity index (χ2n) is 6.37. The number of amides is 1. The molecule has 1 aliphatic heterocycles. The van der Waals surface area contributed by atoms with E-state index in [2.05, 4.69) is 22.1 Å². The van der Waals surface area contributed by atoms with E-state index in [-0.39, 0.29) is 12.5 Å². The number of fused-ring (bicyclic) bond motifs is 1. The van der Waals surface area contributed by atoms with Crippen molar-refractivity contribution in [3.63, 3.8) is 0 Å². The summed E-state index contributed by atoms with van der Waals surface area (Å²) in [7, 11) is 0. The molecule has 6 heteroatoms. The van der Waals surface area contributed by atoms with Crippen molar-refractivity contribution < 1.29 is 9.90 Å². The summed E-state index contributed by atoms with van der Waals surface area (Å²) >= 11 is 1.57. The predicted octanol–water partition coefficient (Wildman–Crippen LogP) is 2.12. The lowest BCUT2D eigenvalue weighted by molar-refractivity contribution is 0.0795. The Labute approximate surface area is 140 Å². The Morgan fingerprint density at radius 2 is 2.30 bits per heavy atom. The van der Waals surface area contributed by atoms with E-state index in [0.717, 1.165) is 29.2 Å². The van der Waals surface area contributed by atoms with E-state index in [9.17, 15) is 9.90 Å².